The van der Waals surface area contributed by atoms with Crippen LogP contribution in [0.5, 0.6) is 0 Å². The first kappa shape index (κ1) is 38.0. The Morgan fingerprint density at radius 3 is 1.06 bits per heavy atom. The Balaban J connectivity index is 1.02. The fraction of sp³-hybridized carbons (Fsp3) is 0. The molecular weight excluding hydrogens is 813 g/mol. The van der Waals surface area contributed by atoms with Crippen LogP contribution in [-0.2, 0) is 0 Å². The van der Waals surface area contributed by atoms with Gasteiger partial charge in [0, 0.05) is 74.2 Å². The van der Waals surface area contributed by atoms with Gasteiger partial charge in [-0.2, -0.15) is 0 Å². The Hall–Kier alpha value is -7.76. The van der Waals surface area contributed by atoms with E-state index in [-0.39, 0.29) is 0 Å². The molecule has 2 heterocycles. The van der Waals surface area contributed by atoms with Crippen LogP contribution in [-0.4, -0.2) is 0 Å². The molecule has 0 saturated heterocycles. The van der Waals surface area contributed by atoms with Crippen LogP contribution in [0.4, 0.5) is 34.1 Å². The number of anilines is 6. The van der Waals surface area contributed by atoms with Gasteiger partial charge in [-0.15, -0.1) is 22.7 Å². The summed E-state index contributed by atoms with van der Waals surface area (Å²) < 4.78 is 5.15. The molecule has 0 spiro atoms. The van der Waals surface area contributed by atoms with Gasteiger partial charge in [-0.25, -0.2) is 0 Å². The van der Waals surface area contributed by atoms with Crippen LogP contribution in [0.15, 0.2) is 243 Å². The number of para-hydroxylation sites is 2. The summed E-state index contributed by atoms with van der Waals surface area (Å²) in [5.41, 5.74) is 13.7. The van der Waals surface area contributed by atoms with E-state index in [1.807, 2.05) is 22.7 Å². The molecule has 302 valence electrons. The quantitative estimate of drug-likeness (QED) is 0.143. The molecule has 0 unspecified atom stereocenters. The number of hydrogen-bond acceptors (Lipinski definition) is 4. The van der Waals surface area contributed by atoms with Crippen molar-refractivity contribution in [3.05, 3.63) is 243 Å². The van der Waals surface area contributed by atoms with E-state index in [0.29, 0.717) is 0 Å². The Labute approximate surface area is 380 Å². The van der Waals surface area contributed by atoms with Crippen molar-refractivity contribution in [2.75, 3.05) is 9.80 Å². The molecule has 4 heteroatoms. The third kappa shape index (κ3) is 6.81. The number of hydrogen-bond donors (Lipinski definition) is 0. The molecule has 0 atom stereocenters. The maximum absolute atomic E-state index is 2.43. The smallest absolute Gasteiger partial charge is 0.0540 e. The van der Waals surface area contributed by atoms with Gasteiger partial charge >= 0.3 is 0 Å². The first-order valence-electron chi connectivity index (χ1n) is 21.7. The molecule has 12 aromatic rings. The lowest BCUT2D eigenvalue weighted by atomic mass is 9.99. The predicted octanol–water partition coefficient (Wildman–Crippen LogP) is 18.4. The van der Waals surface area contributed by atoms with E-state index in [4.69, 9.17) is 0 Å². The zero-order valence-corrected chi connectivity index (χ0v) is 36.4. The molecule has 0 aliphatic rings. The summed E-state index contributed by atoms with van der Waals surface area (Å²) in [7, 11) is 0. The lowest BCUT2D eigenvalue weighted by molar-refractivity contribution is 1.28. The van der Waals surface area contributed by atoms with Crippen molar-refractivity contribution in [3.8, 4) is 33.4 Å². The maximum Gasteiger partial charge on any atom is 0.0540 e. The Morgan fingerprint density at radius 2 is 0.594 bits per heavy atom. The largest absolute Gasteiger partial charge is 0.310 e. The van der Waals surface area contributed by atoms with Crippen LogP contribution in [0.1, 0.15) is 0 Å². The van der Waals surface area contributed by atoms with Crippen molar-refractivity contribution >= 4 is 97.1 Å². The van der Waals surface area contributed by atoms with E-state index in [0.717, 1.165) is 45.3 Å². The minimum absolute atomic E-state index is 1.09. The molecule has 0 amide bonds. The number of fused-ring (bicyclic) bond motifs is 6. The summed E-state index contributed by atoms with van der Waals surface area (Å²) in [5.74, 6) is 0. The zero-order valence-electron chi connectivity index (χ0n) is 34.8. The second kappa shape index (κ2) is 16.2. The Bertz CT molecular complexity index is 3400. The van der Waals surface area contributed by atoms with Crippen molar-refractivity contribution < 1.29 is 0 Å². The average Bonchev–Trinajstić information content (AvgIpc) is 3.93. The van der Waals surface area contributed by atoms with Crippen molar-refractivity contribution in [1.82, 2.24) is 0 Å². The minimum atomic E-state index is 1.09. The van der Waals surface area contributed by atoms with Crippen LogP contribution >= 0.6 is 22.7 Å². The Kier molecular flexibility index (Phi) is 9.59. The molecule has 2 aromatic heterocycles. The third-order valence-electron chi connectivity index (χ3n) is 12.2. The molecule has 10 aromatic carbocycles. The molecule has 0 fully saturated rings. The van der Waals surface area contributed by atoms with Gasteiger partial charge in [0.15, 0.2) is 0 Å². The van der Waals surface area contributed by atoms with E-state index in [2.05, 4.69) is 252 Å². The normalized spacial score (nSPS) is 11.4. The Morgan fingerprint density at radius 1 is 0.234 bits per heavy atom. The fourth-order valence-corrected chi connectivity index (χ4v) is 11.6. The van der Waals surface area contributed by atoms with Gasteiger partial charge in [-0.05, 0) is 95.1 Å². The molecule has 2 nitrogen and oxygen atoms in total. The second-order valence-corrected chi connectivity index (χ2v) is 18.3. The van der Waals surface area contributed by atoms with Gasteiger partial charge < -0.3 is 9.80 Å². The molecular formula is C60H40N2S2. The van der Waals surface area contributed by atoms with Crippen molar-refractivity contribution in [1.29, 1.82) is 0 Å². The summed E-state index contributed by atoms with van der Waals surface area (Å²) in [6, 6.07) is 88.4. The first-order valence-corrected chi connectivity index (χ1v) is 23.3. The molecule has 0 N–H and O–H groups in total. The molecule has 0 radical (unpaired) electrons. The molecule has 0 aliphatic carbocycles. The molecule has 0 bridgehead atoms. The molecule has 64 heavy (non-hydrogen) atoms. The van der Waals surface area contributed by atoms with Crippen LogP contribution < -0.4 is 9.80 Å². The average molecular weight is 853 g/mol. The third-order valence-corrected chi connectivity index (χ3v) is 14.5. The van der Waals surface area contributed by atoms with Gasteiger partial charge in [-0.1, -0.05) is 170 Å². The summed E-state index contributed by atoms with van der Waals surface area (Å²) >= 11 is 3.71. The summed E-state index contributed by atoms with van der Waals surface area (Å²) in [4.78, 5) is 4.87. The lowest BCUT2D eigenvalue weighted by Crippen LogP contribution is -2.12. The number of rotatable bonds is 9. The second-order valence-electron chi connectivity index (χ2n) is 16.1. The number of thiophene rings is 2. The van der Waals surface area contributed by atoms with E-state index in [1.54, 1.807) is 0 Å². The van der Waals surface area contributed by atoms with Gasteiger partial charge in [0.05, 0.1) is 11.4 Å². The first-order chi connectivity index (χ1) is 31.7. The van der Waals surface area contributed by atoms with Crippen molar-refractivity contribution in [3.63, 3.8) is 0 Å². The minimum Gasteiger partial charge on any atom is -0.310 e. The van der Waals surface area contributed by atoms with Crippen LogP contribution in [0.3, 0.4) is 0 Å². The topological polar surface area (TPSA) is 6.48 Å². The lowest BCUT2D eigenvalue weighted by Gasteiger charge is -2.29. The maximum atomic E-state index is 2.43. The number of nitrogens with zero attached hydrogens (tertiary/aromatic N) is 2. The van der Waals surface area contributed by atoms with Crippen molar-refractivity contribution in [2.24, 2.45) is 0 Å². The molecule has 12 rings (SSSR count). The predicted molar refractivity (Wildman–Crippen MR) is 278 cm³/mol. The zero-order chi connectivity index (χ0) is 42.4. The van der Waals surface area contributed by atoms with E-state index in [1.165, 1.54) is 62.6 Å². The van der Waals surface area contributed by atoms with E-state index in [9.17, 15) is 0 Å². The van der Waals surface area contributed by atoms with Gasteiger partial charge in [0.25, 0.3) is 0 Å². The highest BCUT2D eigenvalue weighted by molar-refractivity contribution is 7.26. The van der Waals surface area contributed by atoms with Crippen molar-refractivity contribution in [2.45, 2.75) is 0 Å². The molecule has 0 saturated carbocycles. The fourth-order valence-electron chi connectivity index (χ4n) is 9.27. The number of benzene rings is 10. The van der Waals surface area contributed by atoms with E-state index < -0.39 is 0 Å². The SMILES string of the molecule is c1ccc(-c2ccccc2N(c2cccc(-c3cccc(N(c4ccc5c(c4)sc4ccccc45)c4ccccc4-c4ccccc4)c3)c2)c2ccc3c(c2)sc2ccccc23)cc1. The monoisotopic (exact) mass is 852 g/mol. The summed E-state index contributed by atoms with van der Waals surface area (Å²) in [6.07, 6.45) is 0. The summed E-state index contributed by atoms with van der Waals surface area (Å²) in [6.45, 7) is 0. The highest BCUT2D eigenvalue weighted by Gasteiger charge is 2.21. The van der Waals surface area contributed by atoms with Crippen LogP contribution in [0, 0.1) is 0 Å². The highest BCUT2D eigenvalue weighted by Crippen LogP contribution is 2.47. The van der Waals surface area contributed by atoms with E-state index >= 15 is 0 Å². The van der Waals surface area contributed by atoms with Crippen LogP contribution in [0.2, 0.25) is 0 Å². The standard InChI is InChI=1S/C60H40N2S2/c1-3-17-41(18-4-1)49-25-7-11-29-55(49)61(47-33-35-53-51-27-9-13-31-57(51)63-59(53)39-47)45-23-15-21-43(37-45)44-22-16-24-46(38-44)62(56-30-12-8-26-50(56)42-19-5-2-6-20-42)48-34-36-54-52-28-10-14-32-58(52)64-60(54)40-48/h1-40H. The summed E-state index contributed by atoms with van der Waals surface area (Å²) in [5, 5.41) is 5.18. The van der Waals surface area contributed by atoms with Gasteiger partial charge in [0.2, 0.25) is 0 Å². The van der Waals surface area contributed by atoms with Crippen LogP contribution in [0.25, 0.3) is 73.7 Å². The molecule has 0 aliphatic heterocycles. The van der Waals surface area contributed by atoms with Gasteiger partial charge in [0.1, 0.15) is 0 Å². The highest BCUT2D eigenvalue weighted by atomic mass is 32.1. The van der Waals surface area contributed by atoms with Gasteiger partial charge in [-0.3, -0.25) is 0 Å².